The van der Waals surface area contributed by atoms with E-state index in [0.717, 1.165) is 10.4 Å². The van der Waals surface area contributed by atoms with Crippen molar-refractivity contribution in [2.45, 2.75) is 32.5 Å². The normalized spacial score (nSPS) is 15.0. The Labute approximate surface area is 127 Å². The summed E-state index contributed by atoms with van der Waals surface area (Å²) in [5.74, 6) is -1.35. The van der Waals surface area contributed by atoms with Gasteiger partial charge in [0.25, 0.3) is 0 Å². The van der Waals surface area contributed by atoms with Crippen LogP contribution in [0.25, 0.3) is 10.7 Å². The minimum absolute atomic E-state index is 0.0670. The maximum Gasteiger partial charge on any atom is 0.471 e. The second kappa shape index (κ2) is 5.38. The van der Waals surface area contributed by atoms with Gasteiger partial charge in [0.05, 0.1) is 4.88 Å². The molecular formula is C13H12F3N3O2S. The van der Waals surface area contributed by atoms with E-state index in [4.69, 9.17) is 0 Å². The average Bonchev–Trinajstić information content (AvgIpc) is 3.11. The minimum atomic E-state index is -4.65. The average molecular weight is 331 g/mol. The van der Waals surface area contributed by atoms with Gasteiger partial charge in [0.2, 0.25) is 11.7 Å². The summed E-state index contributed by atoms with van der Waals surface area (Å²) < 4.78 is 41.7. The molecule has 0 unspecified atom stereocenters. The van der Waals surface area contributed by atoms with Gasteiger partial charge in [-0.25, -0.2) is 0 Å². The molecule has 3 rings (SSSR count). The highest BCUT2D eigenvalue weighted by molar-refractivity contribution is 7.15. The van der Waals surface area contributed by atoms with Gasteiger partial charge in [-0.3, -0.25) is 4.79 Å². The quantitative estimate of drug-likeness (QED) is 0.848. The number of aromatic nitrogens is 2. The van der Waals surface area contributed by atoms with Crippen molar-refractivity contribution >= 4 is 17.2 Å². The van der Waals surface area contributed by atoms with Crippen LogP contribution in [0.2, 0.25) is 0 Å². The number of hydrogen-bond acceptors (Lipinski definition) is 5. The Balaban J connectivity index is 1.85. The topological polar surface area (TPSA) is 59.2 Å². The number of amides is 1. The maximum absolute atomic E-state index is 12.5. The van der Waals surface area contributed by atoms with E-state index in [0.29, 0.717) is 30.8 Å². The fraction of sp³-hybridized carbons (Fsp3) is 0.462. The fourth-order valence-electron chi connectivity index (χ4n) is 2.32. The van der Waals surface area contributed by atoms with Crippen LogP contribution in [0.5, 0.6) is 0 Å². The van der Waals surface area contributed by atoms with E-state index in [-0.39, 0.29) is 11.7 Å². The standard InChI is InChI=1S/C13H12F3N3O2S/c1-2-10(20)19-4-3-8-7(6-19)5-9(22-8)11-17-12(21-18-11)13(14,15)16/h5H,2-4,6H2,1H3. The molecule has 0 aliphatic carbocycles. The zero-order valence-electron chi connectivity index (χ0n) is 11.6. The monoisotopic (exact) mass is 331 g/mol. The minimum Gasteiger partial charge on any atom is -0.338 e. The van der Waals surface area contributed by atoms with E-state index < -0.39 is 12.1 Å². The van der Waals surface area contributed by atoms with E-state index in [1.807, 2.05) is 0 Å². The van der Waals surface area contributed by atoms with Gasteiger partial charge in [-0.1, -0.05) is 12.1 Å². The number of rotatable bonds is 2. The van der Waals surface area contributed by atoms with Crippen molar-refractivity contribution in [3.05, 3.63) is 22.4 Å². The number of alkyl halides is 3. The summed E-state index contributed by atoms with van der Waals surface area (Å²) in [5.41, 5.74) is 0.936. The summed E-state index contributed by atoms with van der Waals surface area (Å²) in [6.07, 6.45) is -3.52. The van der Waals surface area contributed by atoms with Gasteiger partial charge in [0, 0.05) is 24.4 Å². The van der Waals surface area contributed by atoms with Crippen LogP contribution >= 0.6 is 11.3 Å². The Morgan fingerprint density at radius 2 is 2.27 bits per heavy atom. The first-order valence-corrected chi connectivity index (χ1v) is 7.50. The van der Waals surface area contributed by atoms with E-state index in [1.54, 1.807) is 17.9 Å². The van der Waals surface area contributed by atoms with Crippen LogP contribution in [-0.4, -0.2) is 27.5 Å². The zero-order chi connectivity index (χ0) is 15.9. The highest BCUT2D eigenvalue weighted by Crippen LogP contribution is 2.35. The molecule has 5 nitrogen and oxygen atoms in total. The van der Waals surface area contributed by atoms with Gasteiger partial charge in [0.1, 0.15) is 0 Å². The predicted octanol–water partition coefficient (Wildman–Crippen LogP) is 3.11. The molecule has 0 saturated carbocycles. The van der Waals surface area contributed by atoms with Crippen LogP contribution in [0.15, 0.2) is 10.6 Å². The fourth-order valence-corrected chi connectivity index (χ4v) is 3.41. The highest BCUT2D eigenvalue weighted by Gasteiger charge is 2.38. The van der Waals surface area contributed by atoms with Gasteiger partial charge < -0.3 is 9.42 Å². The van der Waals surface area contributed by atoms with Gasteiger partial charge >= 0.3 is 12.1 Å². The summed E-state index contributed by atoms with van der Waals surface area (Å²) in [5, 5.41) is 3.39. The van der Waals surface area contributed by atoms with E-state index in [2.05, 4.69) is 14.7 Å². The summed E-state index contributed by atoms with van der Waals surface area (Å²) >= 11 is 1.34. The van der Waals surface area contributed by atoms with Crippen molar-refractivity contribution in [3.8, 4) is 10.7 Å². The van der Waals surface area contributed by atoms with Crippen molar-refractivity contribution < 1.29 is 22.5 Å². The molecule has 22 heavy (non-hydrogen) atoms. The number of halogens is 3. The van der Waals surface area contributed by atoms with Crippen LogP contribution in [0.4, 0.5) is 13.2 Å². The number of carbonyl (C=O) groups is 1. The summed E-state index contributed by atoms with van der Waals surface area (Å²) in [4.78, 5) is 18.4. The van der Waals surface area contributed by atoms with Crippen molar-refractivity contribution in [3.63, 3.8) is 0 Å². The van der Waals surface area contributed by atoms with Crippen molar-refractivity contribution in [1.29, 1.82) is 0 Å². The molecule has 0 aromatic carbocycles. The van der Waals surface area contributed by atoms with Crippen LogP contribution in [0, 0.1) is 0 Å². The molecule has 2 aromatic heterocycles. The number of nitrogens with zero attached hydrogens (tertiary/aromatic N) is 3. The Kier molecular flexibility index (Phi) is 3.67. The number of fused-ring (bicyclic) bond motifs is 1. The lowest BCUT2D eigenvalue weighted by molar-refractivity contribution is -0.159. The van der Waals surface area contributed by atoms with Crippen molar-refractivity contribution in [1.82, 2.24) is 15.0 Å². The summed E-state index contributed by atoms with van der Waals surface area (Å²) in [6.45, 7) is 2.90. The highest BCUT2D eigenvalue weighted by atomic mass is 32.1. The molecule has 0 fully saturated rings. The first kappa shape index (κ1) is 15.0. The predicted molar refractivity (Wildman–Crippen MR) is 72.0 cm³/mol. The Bertz CT molecular complexity index is 708. The van der Waals surface area contributed by atoms with Crippen LogP contribution in [-0.2, 0) is 23.9 Å². The molecule has 0 spiro atoms. The lowest BCUT2D eigenvalue weighted by Gasteiger charge is -2.26. The molecule has 1 amide bonds. The first-order valence-electron chi connectivity index (χ1n) is 6.69. The van der Waals surface area contributed by atoms with Gasteiger partial charge in [-0.2, -0.15) is 18.2 Å². The van der Waals surface area contributed by atoms with Crippen LogP contribution in [0.3, 0.4) is 0 Å². The smallest absolute Gasteiger partial charge is 0.338 e. The second-order valence-corrected chi connectivity index (χ2v) is 6.04. The number of hydrogen-bond donors (Lipinski definition) is 0. The molecule has 0 radical (unpaired) electrons. The second-order valence-electron chi connectivity index (χ2n) is 4.90. The lowest BCUT2D eigenvalue weighted by atomic mass is 10.1. The molecule has 118 valence electrons. The molecule has 0 bridgehead atoms. The Morgan fingerprint density at radius 3 is 2.91 bits per heavy atom. The number of carbonyl (C=O) groups excluding carboxylic acids is 1. The van der Waals surface area contributed by atoms with Crippen LogP contribution < -0.4 is 0 Å². The largest absolute Gasteiger partial charge is 0.471 e. The van der Waals surface area contributed by atoms with E-state index in [1.165, 1.54) is 11.3 Å². The molecule has 3 heterocycles. The SMILES string of the molecule is CCC(=O)N1CCc2sc(-c3noc(C(F)(F)F)n3)cc2C1. The third-order valence-electron chi connectivity index (χ3n) is 3.41. The number of thiophene rings is 1. The Hall–Kier alpha value is -1.90. The first-order chi connectivity index (χ1) is 10.4. The van der Waals surface area contributed by atoms with E-state index >= 15 is 0 Å². The molecule has 1 aliphatic rings. The van der Waals surface area contributed by atoms with Crippen molar-refractivity contribution in [2.75, 3.05) is 6.54 Å². The van der Waals surface area contributed by atoms with Gasteiger partial charge in [-0.15, -0.1) is 11.3 Å². The molecule has 0 N–H and O–H groups in total. The van der Waals surface area contributed by atoms with E-state index in [9.17, 15) is 18.0 Å². The molecule has 2 aromatic rings. The molecule has 0 atom stereocenters. The molecule has 1 aliphatic heterocycles. The van der Waals surface area contributed by atoms with Crippen molar-refractivity contribution in [2.24, 2.45) is 0 Å². The molecular weight excluding hydrogens is 319 g/mol. The third-order valence-corrected chi connectivity index (χ3v) is 4.64. The molecule has 9 heteroatoms. The summed E-state index contributed by atoms with van der Waals surface area (Å²) in [6, 6.07) is 1.74. The van der Waals surface area contributed by atoms with Gasteiger partial charge in [-0.05, 0) is 18.1 Å². The third kappa shape index (κ3) is 2.72. The Morgan fingerprint density at radius 1 is 1.50 bits per heavy atom. The summed E-state index contributed by atoms with van der Waals surface area (Å²) in [7, 11) is 0. The van der Waals surface area contributed by atoms with Gasteiger partial charge in [0.15, 0.2) is 0 Å². The maximum atomic E-state index is 12.5. The lowest BCUT2D eigenvalue weighted by Crippen LogP contribution is -2.34. The molecule has 0 saturated heterocycles. The zero-order valence-corrected chi connectivity index (χ0v) is 12.4. The van der Waals surface area contributed by atoms with Crippen LogP contribution in [0.1, 0.15) is 29.7 Å².